The molecule has 0 amide bonds. The van der Waals surface area contributed by atoms with E-state index in [4.69, 9.17) is 11.6 Å². The zero-order chi connectivity index (χ0) is 15.1. The summed E-state index contributed by atoms with van der Waals surface area (Å²) in [7, 11) is 0. The van der Waals surface area contributed by atoms with Crippen molar-refractivity contribution in [3.63, 3.8) is 0 Å². The number of halogens is 1. The number of aromatic nitrogens is 2. The van der Waals surface area contributed by atoms with Crippen molar-refractivity contribution in [2.24, 2.45) is 5.92 Å². The largest absolute Gasteiger partial charge is 0.380 e. The first-order valence-corrected chi connectivity index (χ1v) is 7.85. The molecule has 1 rings (SSSR count). The Balaban J connectivity index is 2.72. The molecule has 0 aliphatic carbocycles. The Morgan fingerprint density at radius 1 is 1.35 bits per heavy atom. The minimum Gasteiger partial charge on any atom is -0.380 e. The van der Waals surface area contributed by atoms with Crippen LogP contribution < -0.4 is 10.9 Å². The Bertz CT molecular complexity index is 471. The van der Waals surface area contributed by atoms with E-state index >= 15 is 0 Å². The molecule has 1 aromatic heterocycles. The van der Waals surface area contributed by atoms with Gasteiger partial charge in [-0.05, 0) is 32.1 Å². The van der Waals surface area contributed by atoms with Crippen molar-refractivity contribution in [3.05, 3.63) is 21.6 Å². The first-order chi connectivity index (χ1) is 9.45. The van der Waals surface area contributed by atoms with Crippen LogP contribution in [0.25, 0.3) is 0 Å². The molecule has 0 aliphatic rings. The molecule has 20 heavy (non-hydrogen) atoms. The van der Waals surface area contributed by atoms with Crippen molar-refractivity contribution in [1.29, 1.82) is 0 Å². The molecule has 1 unspecified atom stereocenters. The first kappa shape index (κ1) is 17.0. The van der Waals surface area contributed by atoms with Gasteiger partial charge in [-0.3, -0.25) is 4.79 Å². The second-order valence-corrected chi connectivity index (χ2v) is 6.15. The molecule has 0 saturated heterocycles. The highest BCUT2D eigenvalue weighted by Crippen LogP contribution is 2.18. The number of rotatable bonds is 8. The standard InChI is InChI=1S/C15H26ClN3O/c1-5-6-9-19-15(20)14(16)13(10-17-19)18-12(4)8-7-11(2)3/h10-12,18H,5-9H2,1-4H3. The minimum atomic E-state index is -0.207. The van der Waals surface area contributed by atoms with Gasteiger partial charge in [0.25, 0.3) is 5.56 Å². The van der Waals surface area contributed by atoms with E-state index < -0.39 is 0 Å². The first-order valence-electron chi connectivity index (χ1n) is 7.47. The van der Waals surface area contributed by atoms with Crippen molar-refractivity contribution in [3.8, 4) is 0 Å². The average Bonchev–Trinajstić information content (AvgIpc) is 2.41. The summed E-state index contributed by atoms with van der Waals surface area (Å²) in [6.45, 7) is 9.21. The van der Waals surface area contributed by atoms with E-state index in [1.165, 1.54) is 4.68 Å². The van der Waals surface area contributed by atoms with Crippen LogP contribution in [0.2, 0.25) is 5.02 Å². The molecule has 0 bridgehead atoms. The van der Waals surface area contributed by atoms with Crippen molar-refractivity contribution < 1.29 is 0 Å². The van der Waals surface area contributed by atoms with Crippen LogP contribution in [-0.4, -0.2) is 15.8 Å². The van der Waals surface area contributed by atoms with Crippen LogP contribution >= 0.6 is 11.6 Å². The van der Waals surface area contributed by atoms with E-state index in [1.54, 1.807) is 6.20 Å². The predicted molar refractivity (Wildman–Crippen MR) is 85.6 cm³/mol. The van der Waals surface area contributed by atoms with E-state index in [9.17, 15) is 4.79 Å². The molecule has 1 aromatic rings. The number of hydrogen-bond donors (Lipinski definition) is 1. The van der Waals surface area contributed by atoms with Crippen LogP contribution in [0.5, 0.6) is 0 Å². The Kier molecular flexibility index (Phi) is 7.06. The van der Waals surface area contributed by atoms with Gasteiger partial charge in [-0.1, -0.05) is 38.8 Å². The fraction of sp³-hybridized carbons (Fsp3) is 0.733. The third kappa shape index (κ3) is 5.16. The van der Waals surface area contributed by atoms with Crippen LogP contribution in [0, 0.1) is 5.92 Å². The van der Waals surface area contributed by atoms with Gasteiger partial charge in [0.1, 0.15) is 5.02 Å². The molecule has 1 N–H and O–H groups in total. The van der Waals surface area contributed by atoms with Gasteiger partial charge in [0, 0.05) is 12.6 Å². The van der Waals surface area contributed by atoms with E-state index in [0.29, 0.717) is 18.2 Å². The maximum atomic E-state index is 12.1. The lowest BCUT2D eigenvalue weighted by molar-refractivity contribution is 0.525. The molecule has 1 heterocycles. The monoisotopic (exact) mass is 299 g/mol. The van der Waals surface area contributed by atoms with E-state index in [1.807, 2.05) is 0 Å². The SMILES string of the molecule is CCCCn1ncc(NC(C)CCC(C)C)c(Cl)c1=O. The van der Waals surface area contributed by atoms with Crippen molar-refractivity contribution >= 4 is 17.3 Å². The number of aryl methyl sites for hydroxylation is 1. The van der Waals surface area contributed by atoms with Gasteiger partial charge < -0.3 is 5.32 Å². The molecule has 0 spiro atoms. The van der Waals surface area contributed by atoms with Crippen LogP contribution in [0.3, 0.4) is 0 Å². The van der Waals surface area contributed by atoms with Gasteiger partial charge >= 0.3 is 0 Å². The fourth-order valence-electron chi connectivity index (χ4n) is 1.95. The van der Waals surface area contributed by atoms with Crippen LogP contribution in [0.4, 0.5) is 5.69 Å². The van der Waals surface area contributed by atoms with Gasteiger partial charge in [-0.2, -0.15) is 5.10 Å². The minimum absolute atomic E-state index is 0.207. The summed E-state index contributed by atoms with van der Waals surface area (Å²) >= 11 is 6.15. The molecule has 0 aromatic carbocycles. The third-order valence-electron chi connectivity index (χ3n) is 3.29. The van der Waals surface area contributed by atoms with Crippen molar-refractivity contribution in [1.82, 2.24) is 9.78 Å². The van der Waals surface area contributed by atoms with Crippen LogP contribution in [-0.2, 0) is 6.54 Å². The summed E-state index contributed by atoms with van der Waals surface area (Å²) in [5.41, 5.74) is 0.432. The topological polar surface area (TPSA) is 46.9 Å². The predicted octanol–water partition coefficient (Wildman–Crippen LogP) is 3.93. The molecule has 4 nitrogen and oxygen atoms in total. The number of nitrogens with one attached hydrogen (secondary N) is 1. The molecule has 0 radical (unpaired) electrons. The van der Waals surface area contributed by atoms with Crippen molar-refractivity contribution in [2.45, 2.75) is 66.0 Å². The molecule has 114 valence electrons. The van der Waals surface area contributed by atoms with E-state index in [2.05, 4.69) is 38.1 Å². The van der Waals surface area contributed by atoms with Gasteiger partial charge in [-0.15, -0.1) is 0 Å². The maximum absolute atomic E-state index is 12.1. The molecular weight excluding hydrogens is 274 g/mol. The van der Waals surface area contributed by atoms with E-state index in [-0.39, 0.29) is 16.6 Å². The van der Waals surface area contributed by atoms with E-state index in [0.717, 1.165) is 25.7 Å². The maximum Gasteiger partial charge on any atom is 0.287 e. The van der Waals surface area contributed by atoms with Crippen LogP contribution in [0.15, 0.2) is 11.0 Å². The zero-order valence-corrected chi connectivity index (χ0v) is 13.7. The Labute approximate surface area is 126 Å². The summed E-state index contributed by atoms with van der Waals surface area (Å²) in [5, 5.41) is 7.71. The summed E-state index contributed by atoms with van der Waals surface area (Å²) in [4.78, 5) is 12.1. The number of unbranched alkanes of at least 4 members (excludes halogenated alkanes) is 1. The Morgan fingerprint density at radius 3 is 2.65 bits per heavy atom. The summed E-state index contributed by atoms with van der Waals surface area (Å²) in [6, 6.07) is 0.280. The smallest absolute Gasteiger partial charge is 0.287 e. The van der Waals surface area contributed by atoms with Crippen molar-refractivity contribution in [2.75, 3.05) is 5.32 Å². The van der Waals surface area contributed by atoms with Gasteiger partial charge in [-0.25, -0.2) is 4.68 Å². The molecule has 0 saturated carbocycles. The fourth-order valence-corrected chi connectivity index (χ4v) is 2.15. The Hall–Kier alpha value is -1.03. The lowest BCUT2D eigenvalue weighted by Gasteiger charge is -2.17. The summed E-state index contributed by atoms with van der Waals surface area (Å²) < 4.78 is 1.44. The molecular formula is C15H26ClN3O. The van der Waals surface area contributed by atoms with Gasteiger partial charge in [0.15, 0.2) is 0 Å². The zero-order valence-electron chi connectivity index (χ0n) is 12.9. The highest BCUT2D eigenvalue weighted by Gasteiger charge is 2.11. The van der Waals surface area contributed by atoms with Crippen LogP contribution in [0.1, 0.15) is 53.4 Å². The summed E-state index contributed by atoms with van der Waals surface area (Å²) in [5.74, 6) is 0.676. The molecule has 0 fully saturated rings. The lowest BCUT2D eigenvalue weighted by atomic mass is 10.0. The lowest BCUT2D eigenvalue weighted by Crippen LogP contribution is -2.26. The highest BCUT2D eigenvalue weighted by molar-refractivity contribution is 6.32. The van der Waals surface area contributed by atoms with Gasteiger partial charge in [0.05, 0.1) is 11.9 Å². The highest BCUT2D eigenvalue weighted by atomic mass is 35.5. The third-order valence-corrected chi connectivity index (χ3v) is 3.65. The second-order valence-electron chi connectivity index (χ2n) is 5.77. The quantitative estimate of drug-likeness (QED) is 0.791. The Morgan fingerprint density at radius 2 is 2.05 bits per heavy atom. The number of hydrogen-bond acceptors (Lipinski definition) is 3. The number of nitrogens with zero attached hydrogens (tertiary/aromatic N) is 2. The van der Waals surface area contributed by atoms with Gasteiger partial charge in [0.2, 0.25) is 0 Å². The molecule has 5 heteroatoms. The average molecular weight is 300 g/mol. The second kappa shape index (κ2) is 8.30. The normalized spacial score (nSPS) is 12.7. The summed E-state index contributed by atoms with van der Waals surface area (Å²) in [6.07, 6.45) is 5.81. The number of anilines is 1. The molecule has 0 aliphatic heterocycles. The molecule has 1 atom stereocenters.